The summed E-state index contributed by atoms with van der Waals surface area (Å²) in [5, 5.41) is 21.5. The standard InChI is InChI=1S/C23H17F3N2O6S/c24-23(25,26)34-15-3-1-2-13(8-15)12-4-6-14(7-5-12)28-17-11-35-10-16(17)20(31)19(22(28)33)21(32)27-9-18(29)30/h1-8,31H,9-11H2,(H,27,32)(H,29,30). The van der Waals surface area contributed by atoms with Crippen LogP contribution in [0.25, 0.3) is 16.8 Å². The second-order valence-corrected chi connectivity index (χ2v) is 8.47. The molecule has 35 heavy (non-hydrogen) atoms. The van der Waals surface area contributed by atoms with Crippen molar-refractivity contribution >= 4 is 23.6 Å². The van der Waals surface area contributed by atoms with Gasteiger partial charge >= 0.3 is 12.3 Å². The van der Waals surface area contributed by atoms with Crippen molar-refractivity contribution in [3.05, 3.63) is 75.7 Å². The van der Waals surface area contributed by atoms with Crippen molar-refractivity contribution < 1.29 is 37.7 Å². The van der Waals surface area contributed by atoms with E-state index in [0.29, 0.717) is 39.6 Å². The summed E-state index contributed by atoms with van der Waals surface area (Å²) in [5.41, 5.74) is 0.891. The summed E-state index contributed by atoms with van der Waals surface area (Å²) in [4.78, 5) is 36.5. The minimum Gasteiger partial charge on any atom is -0.507 e. The number of alkyl halides is 3. The zero-order chi connectivity index (χ0) is 25.3. The summed E-state index contributed by atoms with van der Waals surface area (Å²) in [6.45, 7) is -0.727. The first kappa shape index (κ1) is 24.2. The quantitative estimate of drug-likeness (QED) is 0.467. The fraction of sp³-hybridized carbons (Fsp3) is 0.174. The van der Waals surface area contributed by atoms with Gasteiger partial charge in [-0.25, -0.2) is 0 Å². The van der Waals surface area contributed by atoms with Crippen molar-refractivity contribution in [2.24, 2.45) is 0 Å². The van der Waals surface area contributed by atoms with Gasteiger partial charge in [0.2, 0.25) is 0 Å². The number of hydrogen-bond donors (Lipinski definition) is 3. The third-order valence-corrected chi connectivity index (χ3v) is 6.17. The van der Waals surface area contributed by atoms with Gasteiger partial charge in [0, 0.05) is 28.5 Å². The lowest BCUT2D eigenvalue weighted by molar-refractivity contribution is -0.274. The molecule has 12 heteroatoms. The Labute approximate surface area is 200 Å². The van der Waals surface area contributed by atoms with Crippen molar-refractivity contribution in [2.75, 3.05) is 6.54 Å². The Morgan fingerprint density at radius 2 is 1.80 bits per heavy atom. The Bertz CT molecular complexity index is 1370. The normalized spacial score (nSPS) is 12.8. The molecule has 2 heterocycles. The zero-order valence-corrected chi connectivity index (χ0v) is 18.6. The first-order chi connectivity index (χ1) is 16.5. The molecule has 2 aromatic carbocycles. The number of thioether (sulfide) groups is 1. The van der Waals surface area contributed by atoms with Crippen LogP contribution in [0.2, 0.25) is 0 Å². The number of aromatic nitrogens is 1. The van der Waals surface area contributed by atoms with Crippen LogP contribution in [0.5, 0.6) is 11.5 Å². The number of halogens is 3. The number of aliphatic carboxylic acids is 1. The Kier molecular flexibility index (Phi) is 6.48. The van der Waals surface area contributed by atoms with Crippen LogP contribution in [0.1, 0.15) is 21.6 Å². The van der Waals surface area contributed by atoms with Crippen LogP contribution in [0.4, 0.5) is 13.2 Å². The number of rotatable bonds is 6. The van der Waals surface area contributed by atoms with Crippen molar-refractivity contribution in [1.29, 1.82) is 0 Å². The van der Waals surface area contributed by atoms with Crippen LogP contribution >= 0.6 is 11.8 Å². The van der Waals surface area contributed by atoms with E-state index in [1.807, 2.05) is 0 Å². The Balaban J connectivity index is 1.73. The van der Waals surface area contributed by atoms with Crippen LogP contribution in [0.3, 0.4) is 0 Å². The number of nitrogens with one attached hydrogen (secondary N) is 1. The minimum atomic E-state index is -4.82. The molecular formula is C23H17F3N2O6S. The van der Waals surface area contributed by atoms with E-state index >= 15 is 0 Å². The number of pyridine rings is 1. The number of amides is 1. The molecule has 0 saturated carbocycles. The highest BCUT2D eigenvalue weighted by atomic mass is 32.2. The molecule has 3 N–H and O–H groups in total. The molecule has 0 unspecified atom stereocenters. The second kappa shape index (κ2) is 9.37. The van der Waals surface area contributed by atoms with E-state index in [1.54, 1.807) is 30.3 Å². The number of fused-ring (bicyclic) bond motifs is 1. The van der Waals surface area contributed by atoms with Gasteiger partial charge in [-0.3, -0.25) is 19.0 Å². The number of carboxylic acids is 1. The molecule has 1 aromatic heterocycles. The van der Waals surface area contributed by atoms with E-state index < -0.39 is 41.7 Å². The van der Waals surface area contributed by atoms with Crippen LogP contribution in [0, 0.1) is 0 Å². The van der Waals surface area contributed by atoms with Gasteiger partial charge in [-0.1, -0.05) is 24.3 Å². The molecule has 0 radical (unpaired) electrons. The van der Waals surface area contributed by atoms with Gasteiger partial charge in [-0.2, -0.15) is 11.8 Å². The Hall–Kier alpha value is -3.93. The van der Waals surface area contributed by atoms with Gasteiger partial charge in [-0.05, 0) is 35.4 Å². The van der Waals surface area contributed by atoms with Crippen LogP contribution < -0.4 is 15.6 Å². The summed E-state index contributed by atoms with van der Waals surface area (Å²) in [5.74, 6) is -2.43. The Morgan fingerprint density at radius 1 is 1.09 bits per heavy atom. The van der Waals surface area contributed by atoms with Crippen LogP contribution in [-0.4, -0.2) is 39.6 Å². The van der Waals surface area contributed by atoms with E-state index in [0.717, 1.165) is 0 Å². The zero-order valence-electron chi connectivity index (χ0n) is 17.8. The molecule has 1 amide bonds. The molecule has 0 bridgehead atoms. The Morgan fingerprint density at radius 3 is 2.46 bits per heavy atom. The predicted molar refractivity (Wildman–Crippen MR) is 121 cm³/mol. The third kappa shape index (κ3) is 5.11. The molecule has 1 aliphatic heterocycles. The fourth-order valence-electron chi connectivity index (χ4n) is 3.71. The largest absolute Gasteiger partial charge is 0.573 e. The molecule has 0 aliphatic carbocycles. The van der Waals surface area contributed by atoms with Crippen molar-refractivity contribution in [3.63, 3.8) is 0 Å². The average molecular weight is 506 g/mol. The number of ether oxygens (including phenoxy) is 1. The van der Waals surface area contributed by atoms with Crippen molar-refractivity contribution in [2.45, 2.75) is 17.9 Å². The van der Waals surface area contributed by atoms with Gasteiger partial charge in [-0.15, -0.1) is 13.2 Å². The van der Waals surface area contributed by atoms with Gasteiger partial charge in [0.05, 0.1) is 0 Å². The highest BCUT2D eigenvalue weighted by Crippen LogP contribution is 2.37. The number of nitrogens with zero attached hydrogens (tertiary/aromatic N) is 1. The molecular weight excluding hydrogens is 489 g/mol. The SMILES string of the molecule is O=C(O)CNC(=O)c1c(O)c2c(n(-c3ccc(-c4cccc(OC(F)(F)F)c4)cc3)c1=O)CSC2. The average Bonchev–Trinajstić information content (AvgIpc) is 3.27. The molecule has 0 spiro atoms. The second-order valence-electron chi connectivity index (χ2n) is 7.48. The van der Waals surface area contributed by atoms with Crippen LogP contribution in [0.15, 0.2) is 53.3 Å². The number of benzene rings is 2. The van der Waals surface area contributed by atoms with E-state index in [1.165, 1.54) is 34.5 Å². The summed E-state index contributed by atoms with van der Waals surface area (Å²) in [6, 6.07) is 11.7. The van der Waals surface area contributed by atoms with E-state index in [-0.39, 0.29) is 5.75 Å². The van der Waals surface area contributed by atoms with Crippen molar-refractivity contribution in [1.82, 2.24) is 9.88 Å². The molecule has 0 fully saturated rings. The van der Waals surface area contributed by atoms with Gasteiger partial charge < -0.3 is 20.3 Å². The summed E-state index contributed by atoms with van der Waals surface area (Å²) in [6.07, 6.45) is -4.82. The van der Waals surface area contributed by atoms with E-state index in [9.17, 15) is 32.7 Å². The maximum absolute atomic E-state index is 13.2. The van der Waals surface area contributed by atoms with Crippen molar-refractivity contribution in [3.8, 4) is 28.3 Å². The molecule has 0 saturated heterocycles. The van der Waals surface area contributed by atoms with E-state index in [4.69, 9.17) is 5.11 Å². The number of carbonyl (C=O) groups is 2. The summed E-state index contributed by atoms with van der Waals surface area (Å²) < 4.78 is 42.8. The molecule has 4 rings (SSSR count). The molecule has 1 aliphatic rings. The first-order valence-electron chi connectivity index (χ1n) is 10.1. The maximum atomic E-state index is 13.2. The summed E-state index contributed by atoms with van der Waals surface area (Å²) in [7, 11) is 0. The number of carbonyl (C=O) groups excluding carboxylic acids is 1. The molecule has 3 aromatic rings. The smallest absolute Gasteiger partial charge is 0.507 e. The third-order valence-electron chi connectivity index (χ3n) is 5.20. The number of hydrogen-bond acceptors (Lipinski definition) is 6. The predicted octanol–water partition coefficient (Wildman–Crippen LogP) is 3.67. The molecule has 0 atom stereocenters. The van der Waals surface area contributed by atoms with Gasteiger partial charge in [0.1, 0.15) is 23.6 Å². The summed E-state index contributed by atoms with van der Waals surface area (Å²) >= 11 is 1.43. The maximum Gasteiger partial charge on any atom is 0.573 e. The van der Waals surface area contributed by atoms with E-state index in [2.05, 4.69) is 10.1 Å². The van der Waals surface area contributed by atoms with Crippen LogP contribution in [-0.2, 0) is 16.3 Å². The topological polar surface area (TPSA) is 118 Å². The molecule has 182 valence electrons. The fourth-order valence-corrected chi connectivity index (χ4v) is 4.82. The lowest BCUT2D eigenvalue weighted by Gasteiger charge is -2.16. The highest BCUT2D eigenvalue weighted by Gasteiger charge is 2.31. The number of carboxylic acid groups (broad SMARTS) is 1. The van der Waals surface area contributed by atoms with Gasteiger partial charge in [0.25, 0.3) is 11.5 Å². The first-order valence-corrected chi connectivity index (χ1v) is 11.2. The highest BCUT2D eigenvalue weighted by molar-refractivity contribution is 7.98. The monoisotopic (exact) mass is 506 g/mol. The lowest BCUT2D eigenvalue weighted by Crippen LogP contribution is -2.36. The lowest BCUT2D eigenvalue weighted by atomic mass is 10.0. The molecule has 8 nitrogen and oxygen atoms in total. The number of aromatic hydroxyl groups is 1. The minimum absolute atomic E-state index is 0.352. The van der Waals surface area contributed by atoms with Gasteiger partial charge in [0.15, 0.2) is 0 Å².